The second-order valence-corrected chi connectivity index (χ2v) is 5.09. The van der Waals surface area contributed by atoms with Gasteiger partial charge in [-0.2, -0.15) is 31.3 Å². The average Bonchev–Trinajstić information content (AvgIpc) is 2.60. The van der Waals surface area contributed by atoms with Gasteiger partial charge in [-0.3, -0.25) is 14.9 Å². The number of rotatable bonds is 4. The SMILES string of the molecule is COc1ccc(-c2cnc(NC(=O)C(F)(F)F)nc2NC(=O)C(F)(F)F)cc1. The van der Waals surface area contributed by atoms with Crippen molar-refractivity contribution in [2.45, 2.75) is 12.4 Å². The highest BCUT2D eigenvalue weighted by Crippen LogP contribution is 2.30. The number of halogens is 6. The predicted molar refractivity (Wildman–Crippen MR) is 83.4 cm³/mol. The van der Waals surface area contributed by atoms with E-state index in [2.05, 4.69) is 9.97 Å². The van der Waals surface area contributed by atoms with E-state index < -0.39 is 35.9 Å². The predicted octanol–water partition coefficient (Wildman–Crippen LogP) is 3.15. The van der Waals surface area contributed by atoms with Crippen molar-refractivity contribution in [1.29, 1.82) is 0 Å². The molecule has 0 saturated carbocycles. The summed E-state index contributed by atoms with van der Waals surface area (Å²) in [5.41, 5.74) is 0.0947. The number of ether oxygens (including phenoxy) is 1. The summed E-state index contributed by atoms with van der Waals surface area (Å²) in [5.74, 6) is -6.12. The molecule has 0 aliphatic carbocycles. The highest BCUT2D eigenvalue weighted by molar-refractivity contribution is 5.98. The van der Waals surface area contributed by atoms with E-state index in [0.717, 1.165) is 6.20 Å². The molecule has 0 saturated heterocycles. The summed E-state index contributed by atoms with van der Waals surface area (Å²) in [7, 11) is 1.38. The first-order valence-electron chi connectivity index (χ1n) is 7.19. The van der Waals surface area contributed by atoms with Crippen LogP contribution in [-0.2, 0) is 9.59 Å². The lowest BCUT2D eigenvalue weighted by molar-refractivity contribution is -0.167. The Morgan fingerprint density at radius 3 is 1.96 bits per heavy atom. The van der Waals surface area contributed by atoms with E-state index >= 15 is 0 Å². The van der Waals surface area contributed by atoms with Gasteiger partial charge in [-0.15, -0.1) is 0 Å². The van der Waals surface area contributed by atoms with Crippen LogP contribution in [0.5, 0.6) is 5.75 Å². The minimum atomic E-state index is -5.28. The topological polar surface area (TPSA) is 93.2 Å². The van der Waals surface area contributed by atoms with Crippen LogP contribution in [0.3, 0.4) is 0 Å². The van der Waals surface area contributed by atoms with Gasteiger partial charge in [0, 0.05) is 11.8 Å². The summed E-state index contributed by atoms with van der Waals surface area (Å²) < 4.78 is 79.5. The minimum Gasteiger partial charge on any atom is -0.497 e. The van der Waals surface area contributed by atoms with Gasteiger partial charge in [-0.1, -0.05) is 12.1 Å². The highest BCUT2D eigenvalue weighted by Gasteiger charge is 2.40. The smallest absolute Gasteiger partial charge is 0.471 e. The molecule has 2 rings (SSSR count). The van der Waals surface area contributed by atoms with E-state index in [1.807, 2.05) is 0 Å². The molecule has 0 aliphatic heterocycles. The van der Waals surface area contributed by atoms with Gasteiger partial charge >= 0.3 is 24.2 Å². The van der Waals surface area contributed by atoms with Crippen LogP contribution < -0.4 is 15.4 Å². The summed E-state index contributed by atoms with van der Waals surface area (Å²) in [6, 6.07) is 5.69. The number of anilines is 2. The third-order valence-corrected chi connectivity index (χ3v) is 3.16. The molecule has 0 fully saturated rings. The zero-order valence-electron chi connectivity index (χ0n) is 13.8. The lowest BCUT2D eigenvalue weighted by Gasteiger charge is -2.14. The van der Waals surface area contributed by atoms with Crippen LogP contribution in [0.4, 0.5) is 38.1 Å². The molecule has 150 valence electrons. The van der Waals surface area contributed by atoms with E-state index in [1.54, 1.807) is 0 Å². The summed E-state index contributed by atoms with van der Waals surface area (Å²) in [4.78, 5) is 29.0. The molecule has 0 atom stereocenters. The Bertz CT molecular complexity index is 881. The maximum atomic E-state index is 12.5. The molecule has 0 spiro atoms. The Balaban J connectivity index is 2.45. The lowest BCUT2D eigenvalue weighted by Crippen LogP contribution is -2.32. The molecule has 1 aromatic heterocycles. The Morgan fingerprint density at radius 1 is 0.929 bits per heavy atom. The Hall–Kier alpha value is -3.38. The molecule has 1 heterocycles. The molecule has 2 amide bonds. The number of carbonyl (C=O) groups is 2. The molecule has 2 N–H and O–H groups in total. The second-order valence-electron chi connectivity index (χ2n) is 5.09. The normalized spacial score (nSPS) is 11.7. The van der Waals surface area contributed by atoms with E-state index in [-0.39, 0.29) is 11.1 Å². The summed E-state index contributed by atoms with van der Waals surface area (Å²) in [5, 5.41) is 2.74. The van der Waals surface area contributed by atoms with Crippen LogP contribution in [0.1, 0.15) is 0 Å². The van der Waals surface area contributed by atoms with Crippen molar-refractivity contribution >= 4 is 23.6 Å². The first kappa shape index (κ1) is 20.9. The van der Waals surface area contributed by atoms with Gasteiger partial charge < -0.3 is 10.1 Å². The first-order chi connectivity index (χ1) is 12.9. The van der Waals surface area contributed by atoms with Crippen LogP contribution >= 0.6 is 0 Å². The maximum absolute atomic E-state index is 12.5. The molecule has 0 radical (unpaired) electrons. The molecule has 13 heteroatoms. The summed E-state index contributed by atoms with van der Waals surface area (Å²) in [6.07, 6.45) is -9.70. The van der Waals surface area contributed by atoms with E-state index in [0.29, 0.717) is 5.75 Å². The Morgan fingerprint density at radius 2 is 1.46 bits per heavy atom. The molecule has 0 aliphatic rings. The van der Waals surface area contributed by atoms with Gasteiger partial charge in [-0.05, 0) is 17.7 Å². The van der Waals surface area contributed by atoms with Crippen LogP contribution in [-0.4, -0.2) is 41.2 Å². The molecule has 7 nitrogen and oxygen atoms in total. The highest BCUT2D eigenvalue weighted by atomic mass is 19.4. The third kappa shape index (κ3) is 5.08. The number of aromatic nitrogens is 2. The number of nitrogens with one attached hydrogen (secondary N) is 2. The minimum absolute atomic E-state index is 0.134. The third-order valence-electron chi connectivity index (χ3n) is 3.16. The average molecular weight is 408 g/mol. The van der Waals surface area contributed by atoms with Gasteiger partial charge in [0.2, 0.25) is 5.95 Å². The van der Waals surface area contributed by atoms with Crippen molar-refractivity contribution in [3.05, 3.63) is 30.5 Å². The summed E-state index contributed by atoms with van der Waals surface area (Å²) >= 11 is 0. The fourth-order valence-corrected chi connectivity index (χ4v) is 1.87. The molecule has 0 unspecified atom stereocenters. The van der Waals surface area contributed by atoms with E-state index in [1.165, 1.54) is 42.0 Å². The number of hydrogen-bond acceptors (Lipinski definition) is 5. The number of amides is 2. The quantitative estimate of drug-likeness (QED) is 0.759. The van der Waals surface area contributed by atoms with E-state index in [9.17, 15) is 35.9 Å². The zero-order valence-corrected chi connectivity index (χ0v) is 13.8. The number of hydrogen-bond donors (Lipinski definition) is 2. The molecular formula is C15H10F6N4O3. The molecular weight excluding hydrogens is 398 g/mol. The molecule has 1 aromatic carbocycles. The molecule has 0 bridgehead atoms. The van der Waals surface area contributed by atoms with Gasteiger partial charge in [-0.25, -0.2) is 4.98 Å². The first-order valence-corrected chi connectivity index (χ1v) is 7.19. The standard InChI is InChI=1S/C15H10F6N4O3/c1-28-8-4-2-7(3-5-8)9-6-22-13(25-12(27)15(19,20)21)24-10(9)23-11(26)14(16,17)18/h2-6H,1H3,(H2,22,23,24,25,26,27). The van der Waals surface area contributed by atoms with Crippen molar-refractivity contribution in [3.63, 3.8) is 0 Å². The Labute approximate surface area is 152 Å². The van der Waals surface area contributed by atoms with Crippen molar-refractivity contribution in [3.8, 4) is 16.9 Å². The van der Waals surface area contributed by atoms with Crippen LogP contribution in [0, 0.1) is 0 Å². The number of benzene rings is 1. The van der Waals surface area contributed by atoms with Gasteiger partial charge in [0.15, 0.2) is 0 Å². The van der Waals surface area contributed by atoms with Gasteiger partial charge in [0.05, 0.1) is 7.11 Å². The number of alkyl halides is 6. The van der Waals surface area contributed by atoms with Gasteiger partial charge in [0.1, 0.15) is 11.6 Å². The van der Waals surface area contributed by atoms with E-state index in [4.69, 9.17) is 4.74 Å². The number of nitrogens with zero attached hydrogens (tertiary/aromatic N) is 2. The molecule has 28 heavy (non-hydrogen) atoms. The van der Waals surface area contributed by atoms with Crippen molar-refractivity contribution < 1.29 is 40.7 Å². The monoisotopic (exact) mass is 408 g/mol. The summed E-state index contributed by atoms with van der Waals surface area (Å²) in [6.45, 7) is 0. The van der Waals surface area contributed by atoms with Crippen LogP contribution in [0.15, 0.2) is 30.5 Å². The van der Waals surface area contributed by atoms with Crippen molar-refractivity contribution in [1.82, 2.24) is 9.97 Å². The van der Waals surface area contributed by atoms with Crippen LogP contribution in [0.25, 0.3) is 11.1 Å². The number of methoxy groups -OCH3 is 1. The molecule has 2 aromatic rings. The fourth-order valence-electron chi connectivity index (χ4n) is 1.87. The second kappa shape index (κ2) is 7.70. The Kier molecular flexibility index (Phi) is 5.75. The number of carbonyl (C=O) groups excluding carboxylic acids is 2. The fraction of sp³-hybridized carbons (Fsp3) is 0.200. The van der Waals surface area contributed by atoms with Gasteiger partial charge in [0.25, 0.3) is 0 Å². The largest absolute Gasteiger partial charge is 0.497 e. The lowest BCUT2D eigenvalue weighted by atomic mass is 10.1. The van der Waals surface area contributed by atoms with Crippen molar-refractivity contribution in [2.75, 3.05) is 17.7 Å². The van der Waals surface area contributed by atoms with Crippen molar-refractivity contribution in [2.24, 2.45) is 0 Å². The maximum Gasteiger partial charge on any atom is 0.471 e. The zero-order chi connectivity index (χ0) is 21.1. The van der Waals surface area contributed by atoms with Crippen LogP contribution in [0.2, 0.25) is 0 Å².